The highest BCUT2D eigenvalue weighted by Gasteiger charge is 2.31. The van der Waals surface area contributed by atoms with E-state index in [4.69, 9.17) is 0 Å². The summed E-state index contributed by atoms with van der Waals surface area (Å²) < 4.78 is 43.2. The van der Waals surface area contributed by atoms with E-state index in [9.17, 15) is 23.3 Å². The van der Waals surface area contributed by atoms with Gasteiger partial charge in [0.05, 0.1) is 5.69 Å². The predicted octanol–water partition coefficient (Wildman–Crippen LogP) is 3.33. The lowest BCUT2D eigenvalue weighted by Crippen LogP contribution is -2.17. The van der Waals surface area contributed by atoms with E-state index in [-0.39, 0.29) is 16.0 Å². The Labute approximate surface area is 160 Å². The van der Waals surface area contributed by atoms with Crippen LogP contribution in [0.25, 0.3) is 10.6 Å². The fourth-order valence-corrected chi connectivity index (χ4v) is 3.91. The number of imidazole rings is 1. The fourth-order valence-electron chi connectivity index (χ4n) is 2.27. The third-order valence-electron chi connectivity index (χ3n) is 3.32. The maximum Gasteiger partial charge on any atom is 0.573 e. The van der Waals surface area contributed by atoms with Crippen LogP contribution in [0.5, 0.6) is 5.75 Å². The molecule has 15 heteroatoms. The number of ether oxygens (including phenoxy) is 1. The average Bonchev–Trinajstić information content (AvgIpc) is 3.30. The van der Waals surface area contributed by atoms with Gasteiger partial charge in [0, 0.05) is 5.38 Å². The molecule has 144 valence electrons. The Morgan fingerprint density at radius 2 is 2.00 bits per heavy atom. The van der Waals surface area contributed by atoms with Crippen LogP contribution >= 0.6 is 23.1 Å². The Hall–Kier alpha value is -3.20. The summed E-state index contributed by atoms with van der Waals surface area (Å²) in [6.07, 6.45) is -3.28. The number of thiazole rings is 1. The quantitative estimate of drug-likeness (QED) is 0.351. The molecule has 4 rings (SSSR count). The molecule has 10 nitrogen and oxygen atoms in total. The van der Waals surface area contributed by atoms with Gasteiger partial charge in [-0.1, -0.05) is 11.3 Å². The molecule has 1 aromatic carbocycles. The van der Waals surface area contributed by atoms with E-state index in [2.05, 4.69) is 25.2 Å². The van der Waals surface area contributed by atoms with Crippen molar-refractivity contribution in [3.8, 4) is 11.4 Å². The number of fused-ring (bicyclic) bond motifs is 1. The van der Waals surface area contributed by atoms with E-state index < -0.39 is 17.0 Å². The highest BCUT2D eigenvalue weighted by atomic mass is 32.2. The third kappa shape index (κ3) is 3.48. The summed E-state index contributed by atoms with van der Waals surface area (Å²) in [4.78, 5) is 15.5. The zero-order valence-electron chi connectivity index (χ0n) is 13.3. The lowest BCUT2D eigenvalue weighted by Gasteiger charge is -2.09. The van der Waals surface area contributed by atoms with Crippen molar-refractivity contribution in [3.05, 3.63) is 46.0 Å². The van der Waals surface area contributed by atoms with E-state index >= 15 is 0 Å². The van der Waals surface area contributed by atoms with Crippen molar-refractivity contribution < 1.29 is 22.8 Å². The SMILES string of the molecule is O=[N+]([O-])c1c(Sc2nnnn2-c2ccc(OC(F)(F)F)cc2)nc2sccn12. The summed E-state index contributed by atoms with van der Waals surface area (Å²) in [6.45, 7) is 0. The number of benzene rings is 1. The van der Waals surface area contributed by atoms with E-state index in [0.717, 1.165) is 23.9 Å². The van der Waals surface area contributed by atoms with Crippen molar-refractivity contribution in [2.24, 2.45) is 0 Å². The van der Waals surface area contributed by atoms with Crippen LogP contribution in [0.2, 0.25) is 0 Å². The van der Waals surface area contributed by atoms with Gasteiger partial charge in [0.1, 0.15) is 11.9 Å². The van der Waals surface area contributed by atoms with Crippen LogP contribution in [0.15, 0.2) is 46.0 Å². The molecular weight excluding hydrogens is 423 g/mol. The lowest BCUT2D eigenvalue weighted by atomic mass is 10.3. The summed E-state index contributed by atoms with van der Waals surface area (Å²) in [5, 5.41) is 24.4. The van der Waals surface area contributed by atoms with E-state index in [1.54, 1.807) is 5.38 Å². The molecule has 28 heavy (non-hydrogen) atoms. The number of rotatable bonds is 5. The van der Waals surface area contributed by atoms with Crippen molar-refractivity contribution >= 4 is 33.9 Å². The highest BCUT2D eigenvalue weighted by molar-refractivity contribution is 7.99. The topological polar surface area (TPSA) is 113 Å². The van der Waals surface area contributed by atoms with Crippen LogP contribution < -0.4 is 4.74 Å². The summed E-state index contributed by atoms with van der Waals surface area (Å²) in [5.41, 5.74) is 0.339. The summed E-state index contributed by atoms with van der Waals surface area (Å²) in [6, 6.07) is 4.85. The van der Waals surface area contributed by atoms with Crippen molar-refractivity contribution in [2.45, 2.75) is 16.5 Å². The summed E-state index contributed by atoms with van der Waals surface area (Å²) in [5.74, 6) is -0.631. The van der Waals surface area contributed by atoms with Gasteiger partial charge in [0.15, 0.2) is 0 Å². The number of nitro groups is 1. The molecule has 0 amide bonds. The molecule has 0 fully saturated rings. The number of hydrogen-bond acceptors (Lipinski definition) is 9. The molecule has 0 radical (unpaired) electrons. The maximum absolute atomic E-state index is 12.3. The Bertz CT molecular complexity index is 1150. The maximum atomic E-state index is 12.3. The van der Waals surface area contributed by atoms with Crippen LogP contribution in [-0.4, -0.2) is 40.9 Å². The van der Waals surface area contributed by atoms with Crippen molar-refractivity contribution in [1.82, 2.24) is 29.6 Å². The van der Waals surface area contributed by atoms with Crippen molar-refractivity contribution in [3.63, 3.8) is 0 Å². The normalized spacial score (nSPS) is 11.8. The monoisotopic (exact) mass is 429 g/mol. The Morgan fingerprint density at radius 1 is 1.25 bits per heavy atom. The molecule has 0 saturated heterocycles. The molecule has 0 saturated carbocycles. The molecule has 0 bridgehead atoms. The number of halogens is 3. The van der Waals surface area contributed by atoms with Gasteiger partial charge in [0.25, 0.3) is 4.96 Å². The largest absolute Gasteiger partial charge is 0.573 e. The van der Waals surface area contributed by atoms with Gasteiger partial charge in [-0.15, -0.1) is 18.3 Å². The Kier molecular flexibility index (Phi) is 4.38. The molecule has 4 aromatic rings. The molecule has 0 unspecified atom stereocenters. The number of hydrogen-bond donors (Lipinski definition) is 0. The van der Waals surface area contributed by atoms with E-state index in [0.29, 0.717) is 10.6 Å². The number of nitrogens with zero attached hydrogens (tertiary/aromatic N) is 7. The van der Waals surface area contributed by atoms with Crippen LogP contribution in [0, 0.1) is 10.1 Å². The summed E-state index contributed by atoms with van der Waals surface area (Å²) in [7, 11) is 0. The molecular formula is C13H6F3N7O3S2. The molecule has 0 spiro atoms. The second-order valence-electron chi connectivity index (χ2n) is 5.07. The number of alkyl halides is 3. The molecule has 0 aliphatic carbocycles. The lowest BCUT2D eigenvalue weighted by molar-refractivity contribution is -0.393. The Balaban J connectivity index is 1.64. The van der Waals surface area contributed by atoms with Gasteiger partial charge >= 0.3 is 12.2 Å². The predicted molar refractivity (Wildman–Crippen MR) is 89.7 cm³/mol. The second kappa shape index (κ2) is 6.75. The first-order valence-corrected chi connectivity index (χ1v) is 8.94. The first-order chi connectivity index (χ1) is 13.3. The standard InChI is InChI=1S/C13H6F3N7O3S2/c14-13(15,16)26-8-3-1-7(2-4-8)22-12(18-19-20-22)28-9-10(23(24)25)21-5-6-27-11(21)17-9/h1-6H. The zero-order chi connectivity index (χ0) is 19.9. The van der Waals surface area contributed by atoms with Gasteiger partial charge < -0.3 is 14.9 Å². The van der Waals surface area contributed by atoms with Gasteiger partial charge in [-0.2, -0.15) is 14.1 Å². The third-order valence-corrected chi connectivity index (χ3v) is 4.98. The zero-order valence-corrected chi connectivity index (χ0v) is 14.9. The number of tetrazole rings is 1. The van der Waals surface area contributed by atoms with Gasteiger partial charge in [0.2, 0.25) is 10.2 Å². The average molecular weight is 429 g/mol. The van der Waals surface area contributed by atoms with Gasteiger partial charge in [-0.25, -0.2) is 0 Å². The van der Waals surface area contributed by atoms with E-state index in [1.807, 2.05) is 0 Å². The van der Waals surface area contributed by atoms with Crippen LogP contribution in [0.1, 0.15) is 0 Å². The van der Waals surface area contributed by atoms with Crippen LogP contribution in [-0.2, 0) is 0 Å². The first kappa shape index (κ1) is 18.2. The smallest absolute Gasteiger partial charge is 0.406 e. The molecule has 0 atom stereocenters. The van der Waals surface area contributed by atoms with Crippen molar-refractivity contribution in [1.29, 1.82) is 0 Å². The molecule has 0 aliphatic rings. The minimum absolute atomic E-state index is 0.0879. The fraction of sp³-hybridized carbons (Fsp3) is 0.0769. The second-order valence-corrected chi connectivity index (χ2v) is 6.90. The minimum Gasteiger partial charge on any atom is -0.406 e. The first-order valence-electron chi connectivity index (χ1n) is 7.24. The summed E-state index contributed by atoms with van der Waals surface area (Å²) >= 11 is 2.09. The van der Waals surface area contributed by atoms with Gasteiger partial charge in [-0.3, -0.25) is 0 Å². The molecule has 3 heterocycles. The molecule has 0 N–H and O–H groups in total. The highest BCUT2D eigenvalue weighted by Crippen LogP contribution is 2.35. The van der Waals surface area contributed by atoms with E-state index in [1.165, 1.54) is 38.7 Å². The van der Waals surface area contributed by atoms with Gasteiger partial charge in [-0.05, 0) is 51.4 Å². The minimum atomic E-state index is -4.80. The van der Waals surface area contributed by atoms with Crippen LogP contribution in [0.3, 0.4) is 0 Å². The number of aromatic nitrogens is 6. The molecule has 3 aromatic heterocycles. The molecule has 0 aliphatic heterocycles. The van der Waals surface area contributed by atoms with Crippen molar-refractivity contribution in [2.75, 3.05) is 0 Å². The van der Waals surface area contributed by atoms with Crippen LogP contribution in [0.4, 0.5) is 19.0 Å². The Morgan fingerprint density at radius 3 is 2.68 bits per heavy atom.